The fourth-order valence-electron chi connectivity index (χ4n) is 3.30. The van der Waals surface area contributed by atoms with E-state index < -0.39 is 10.0 Å². The second-order valence-electron chi connectivity index (χ2n) is 7.37. The van der Waals surface area contributed by atoms with Crippen molar-refractivity contribution in [3.8, 4) is 0 Å². The van der Waals surface area contributed by atoms with Crippen molar-refractivity contribution in [2.24, 2.45) is 0 Å². The largest absolute Gasteiger partial charge is 0.379 e. The van der Waals surface area contributed by atoms with Gasteiger partial charge in [-0.15, -0.1) is 0 Å². The molecule has 1 amide bonds. The third kappa shape index (κ3) is 6.30. The number of carbonyl (C=O) groups is 1. The molecule has 1 N–H and O–H groups in total. The number of benzene rings is 1. The van der Waals surface area contributed by atoms with Crippen molar-refractivity contribution in [1.82, 2.24) is 9.62 Å². The van der Waals surface area contributed by atoms with Gasteiger partial charge in [-0.25, -0.2) is 8.42 Å². The molecule has 1 aromatic carbocycles. The van der Waals surface area contributed by atoms with Crippen LogP contribution in [0.3, 0.4) is 0 Å². The Morgan fingerprint density at radius 2 is 1.96 bits per heavy atom. The molecule has 0 saturated heterocycles. The SMILES string of the molecule is CC(C)OCCCNC(=O)c1cccc(S(=O)(=O)N(C)C2CCCCC2)c1. The Kier molecular flexibility index (Phi) is 8.26. The predicted molar refractivity (Wildman–Crippen MR) is 106 cm³/mol. The molecule has 0 heterocycles. The average molecular weight is 397 g/mol. The standard InChI is InChI=1S/C20H32N2O4S/c1-16(2)26-14-8-13-21-20(23)17-9-7-12-19(15-17)27(24,25)22(3)18-10-5-4-6-11-18/h7,9,12,15-16,18H,4-6,8,10-11,13-14H2,1-3H3,(H,21,23). The molecule has 1 aliphatic rings. The van der Waals surface area contributed by atoms with Crippen molar-refractivity contribution in [3.05, 3.63) is 29.8 Å². The van der Waals surface area contributed by atoms with Crippen LogP contribution in [0.5, 0.6) is 0 Å². The van der Waals surface area contributed by atoms with Gasteiger partial charge >= 0.3 is 0 Å². The Bertz CT molecular complexity index is 712. The first-order valence-corrected chi connectivity index (χ1v) is 11.2. The van der Waals surface area contributed by atoms with Crippen molar-refractivity contribution in [3.63, 3.8) is 0 Å². The fourth-order valence-corrected chi connectivity index (χ4v) is 4.76. The van der Waals surface area contributed by atoms with Crippen molar-refractivity contribution < 1.29 is 17.9 Å². The van der Waals surface area contributed by atoms with Crippen LogP contribution in [0.4, 0.5) is 0 Å². The Morgan fingerprint density at radius 1 is 1.26 bits per heavy atom. The van der Waals surface area contributed by atoms with Crippen LogP contribution in [0.25, 0.3) is 0 Å². The Labute approximate surface area is 163 Å². The summed E-state index contributed by atoms with van der Waals surface area (Å²) in [5.41, 5.74) is 0.359. The van der Waals surface area contributed by atoms with Crippen molar-refractivity contribution in [2.45, 2.75) is 69.4 Å². The van der Waals surface area contributed by atoms with Gasteiger partial charge in [0.15, 0.2) is 0 Å². The highest BCUT2D eigenvalue weighted by Gasteiger charge is 2.29. The lowest BCUT2D eigenvalue weighted by Gasteiger charge is -2.30. The van der Waals surface area contributed by atoms with Gasteiger partial charge in [-0.1, -0.05) is 25.3 Å². The highest BCUT2D eigenvalue weighted by atomic mass is 32.2. The van der Waals surface area contributed by atoms with Crippen molar-refractivity contribution in [1.29, 1.82) is 0 Å². The van der Waals surface area contributed by atoms with Crippen LogP contribution in [0.1, 0.15) is 62.7 Å². The molecule has 0 spiro atoms. The van der Waals surface area contributed by atoms with Gasteiger partial charge in [0.25, 0.3) is 5.91 Å². The van der Waals surface area contributed by atoms with Gasteiger partial charge in [0.2, 0.25) is 10.0 Å². The third-order valence-electron chi connectivity index (χ3n) is 4.92. The van der Waals surface area contributed by atoms with Crippen LogP contribution in [0, 0.1) is 0 Å². The molecule has 27 heavy (non-hydrogen) atoms. The molecular formula is C20H32N2O4S. The first-order chi connectivity index (χ1) is 12.8. The lowest BCUT2D eigenvalue weighted by molar-refractivity contribution is 0.0757. The van der Waals surface area contributed by atoms with Crippen LogP contribution in [0.15, 0.2) is 29.2 Å². The minimum Gasteiger partial charge on any atom is -0.379 e. The van der Waals surface area contributed by atoms with Crippen LogP contribution in [-0.2, 0) is 14.8 Å². The molecule has 7 heteroatoms. The molecule has 2 rings (SSSR count). The lowest BCUT2D eigenvalue weighted by Crippen LogP contribution is -2.38. The number of nitrogens with zero attached hydrogens (tertiary/aromatic N) is 1. The normalized spacial score (nSPS) is 16.0. The molecule has 152 valence electrons. The van der Waals surface area contributed by atoms with Gasteiger partial charge in [0, 0.05) is 31.8 Å². The number of nitrogens with one attached hydrogen (secondary N) is 1. The number of amides is 1. The van der Waals surface area contributed by atoms with Gasteiger partial charge in [0.05, 0.1) is 11.0 Å². The number of sulfonamides is 1. The molecule has 6 nitrogen and oxygen atoms in total. The molecule has 0 unspecified atom stereocenters. The Hall–Kier alpha value is -1.44. The molecule has 0 atom stereocenters. The van der Waals surface area contributed by atoms with Gasteiger partial charge in [0.1, 0.15) is 0 Å². The zero-order chi connectivity index (χ0) is 19.9. The minimum absolute atomic E-state index is 0.0437. The van der Waals surface area contributed by atoms with Gasteiger partial charge in [-0.05, 0) is 51.3 Å². The van der Waals surface area contributed by atoms with Gasteiger partial charge in [-0.3, -0.25) is 4.79 Å². The van der Waals surface area contributed by atoms with E-state index in [1.54, 1.807) is 25.2 Å². The molecular weight excluding hydrogens is 364 g/mol. The summed E-state index contributed by atoms with van der Waals surface area (Å²) < 4.78 is 32.8. The van der Waals surface area contributed by atoms with Crippen LogP contribution in [0.2, 0.25) is 0 Å². The number of hydrogen-bond donors (Lipinski definition) is 1. The molecule has 1 fully saturated rings. The van der Waals surface area contributed by atoms with Crippen LogP contribution < -0.4 is 5.32 Å². The fraction of sp³-hybridized carbons (Fsp3) is 0.650. The van der Waals surface area contributed by atoms with Gasteiger partial charge < -0.3 is 10.1 Å². The highest BCUT2D eigenvalue weighted by molar-refractivity contribution is 7.89. The van der Waals surface area contributed by atoms with E-state index in [-0.39, 0.29) is 22.9 Å². The summed E-state index contributed by atoms with van der Waals surface area (Å²) in [6.07, 6.45) is 5.97. The summed E-state index contributed by atoms with van der Waals surface area (Å²) in [4.78, 5) is 12.5. The second kappa shape index (κ2) is 10.2. The summed E-state index contributed by atoms with van der Waals surface area (Å²) in [6, 6.07) is 6.33. The molecule has 0 aromatic heterocycles. The van der Waals surface area contributed by atoms with E-state index in [0.717, 1.165) is 25.7 Å². The Morgan fingerprint density at radius 3 is 2.63 bits per heavy atom. The summed E-state index contributed by atoms with van der Waals surface area (Å²) >= 11 is 0. The maximum absolute atomic E-state index is 12.9. The van der Waals surface area contributed by atoms with Crippen molar-refractivity contribution in [2.75, 3.05) is 20.2 Å². The average Bonchev–Trinajstić information content (AvgIpc) is 2.67. The second-order valence-corrected chi connectivity index (χ2v) is 9.37. The quantitative estimate of drug-likeness (QED) is 0.651. The third-order valence-corrected chi connectivity index (χ3v) is 6.83. The summed E-state index contributed by atoms with van der Waals surface area (Å²) in [5.74, 6) is -0.267. The number of carbonyl (C=O) groups excluding carboxylic acids is 1. The topological polar surface area (TPSA) is 75.7 Å². The molecule has 1 saturated carbocycles. The summed E-state index contributed by atoms with van der Waals surface area (Å²) in [5, 5.41) is 2.82. The maximum Gasteiger partial charge on any atom is 0.251 e. The molecule has 0 radical (unpaired) electrons. The van der Waals surface area contributed by atoms with Crippen LogP contribution >= 0.6 is 0 Å². The zero-order valence-electron chi connectivity index (χ0n) is 16.6. The smallest absolute Gasteiger partial charge is 0.251 e. The van der Waals surface area contributed by atoms with E-state index in [0.29, 0.717) is 25.1 Å². The predicted octanol–water partition coefficient (Wildman–Crippen LogP) is 3.18. The number of ether oxygens (including phenoxy) is 1. The summed E-state index contributed by atoms with van der Waals surface area (Å²) in [7, 11) is -1.95. The zero-order valence-corrected chi connectivity index (χ0v) is 17.4. The van der Waals surface area contributed by atoms with E-state index in [9.17, 15) is 13.2 Å². The minimum atomic E-state index is -3.60. The van der Waals surface area contributed by atoms with Crippen LogP contribution in [-0.4, -0.2) is 51.0 Å². The molecule has 0 aliphatic heterocycles. The van der Waals surface area contributed by atoms with Gasteiger partial charge in [-0.2, -0.15) is 4.31 Å². The maximum atomic E-state index is 12.9. The molecule has 1 aromatic rings. The number of rotatable bonds is 9. The van der Waals surface area contributed by atoms with E-state index in [4.69, 9.17) is 4.74 Å². The Balaban J connectivity index is 1.99. The lowest BCUT2D eigenvalue weighted by atomic mass is 9.96. The molecule has 1 aliphatic carbocycles. The highest BCUT2D eigenvalue weighted by Crippen LogP contribution is 2.26. The van der Waals surface area contributed by atoms with E-state index >= 15 is 0 Å². The van der Waals surface area contributed by atoms with Crippen molar-refractivity contribution >= 4 is 15.9 Å². The molecule has 0 bridgehead atoms. The van der Waals surface area contributed by atoms with E-state index in [2.05, 4.69) is 5.32 Å². The monoisotopic (exact) mass is 396 g/mol. The summed E-state index contributed by atoms with van der Waals surface area (Å²) in [6.45, 7) is 5.01. The first-order valence-electron chi connectivity index (χ1n) is 9.80. The first kappa shape index (κ1) is 21.9. The van der Waals surface area contributed by atoms with E-state index in [1.807, 2.05) is 13.8 Å². The number of hydrogen-bond acceptors (Lipinski definition) is 4. The van der Waals surface area contributed by atoms with E-state index in [1.165, 1.54) is 16.8 Å².